The summed E-state index contributed by atoms with van der Waals surface area (Å²) < 4.78 is 40.6. The number of rotatable bonds is 11. The lowest BCUT2D eigenvalue weighted by Gasteiger charge is -2.44. The van der Waals surface area contributed by atoms with Gasteiger partial charge in [-0.3, -0.25) is 24.5 Å². The molecule has 0 aliphatic carbocycles. The van der Waals surface area contributed by atoms with E-state index in [1.807, 2.05) is 12.3 Å². The Morgan fingerprint density at radius 2 is 1.90 bits per heavy atom. The molecule has 0 radical (unpaired) electrons. The van der Waals surface area contributed by atoms with Crippen molar-refractivity contribution >= 4 is 46.9 Å². The van der Waals surface area contributed by atoms with E-state index in [0.717, 1.165) is 90.2 Å². The number of urea groups is 1. The third-order valence-corrected chi connectivity index (χ3v) is 17.0. The number of morpholine rings is 1. The number of thiazole rings is 1. The first kappa shape index (κ1) is 51.8. The molecule has 6 bridgehead atoms. The average Bonchev–Trinajstić information content (AvgIpc) is 4.00. The molecule has 18 heteroatoms. The second-order valence-corrected chi connectivity index (χ2v) is 22.8. The molecule has 73 heavy (non-hydrogen) atoms. The van der Waals surface area contributed by atoms with Gasteiger partial charge >= 0.3 is 12.0 Å². The number of piperidine rings is 1. The zero-order chi connectivity index (χ0) is 51.1. The topological polar surface area (TPSA) is 162 Å². The van der Waals surface area contributed by atoms with Gasteiger partial charge in [-0.05, 0) is 102 Å². The second-order valence-electron chi connectivity index (χ2n) is 21.9. The highest BCUT2D eigenvalue weighted by Gasteiger charge is 2.54. The molecule has 1 N–H and O–H groups in total. The maximum atomic E-state index is 15.1. The molecule has 9 heterocycles. The van der Waals surface area contributed by atoms with Gasteiger partial charge in [-0.2, -0.15) is 9.37 Å². The van der Waals surface area contributed by atoms with Gasteiger partial charge in [-0.25, -0.2) is 15.3 Å². The van der Waals surface area contributed by atoms with Crippen molar-refractivity contribution in [3.8, 4) is 22.5 Å². The van der Waals surface area contributed by atoms with Crippen molar-refractivity contribution in [2.45, 2.75) is 135 Å². The fourth-order valence-electron chi connectivity index (χ4n) is 12.0. The molecule has 0 saturated carbocycles. The van der Waals surface area contributed by atoms with E-state index >= 15 is 4.79 Å². The Hall–Kier alpha value is -4.66. The molecule has 4 aromatic rings. The van der Waals surface area contributed by atoms with Crippen molar-refractivity contribution in [3.63, 3.8) is 0 Å². The minimum absolute atomic E-state index is 0.0107. The number of methoxy groups -OCH3 is 1. The summed E-state index contributed by atoms with van der Waals surface area (Å²) in [5.74, 6) is -0.323. The lowest BCUT2D eigenvalue weighted by molar-refractivity contribution is -0.479. The minimum atomic E-state index is -1.21. The molecule has 6 aliphatic heterocycles. The SMILES string of the molecule is C=[N+](C(=O)N1C[C@@H]2COCC[C@@H]21)[C@@H]1C(=O)N2CCC[C@H](N2)C(=O)OCC(C)(C)Cc2c(-c3cc([C@@H]4CCN5CCOCC5C4)cnc3[C@H](C)OC)n(CCOC(C)C)c3ccc(cc23)-c2csc(n2)[C@H]1OCC. The van der Waals surface area contributed by atoms with Gasteiger partial charge in [0.05, 0.1) is 88.1 Å². The van der Waals surface area contributed by atoms with Crippen LogP contribution in [0, 0.1) is 11.3 Å². The number of benzene rings is 1. The molecular weight excluding hydrogens is 949 g/mol. The molecule has 6 aliphatic rings. The van der Waals surface area contributed by atoms with Crippen LogP contribution in [0.4, 0.5) is 4.79 Å². The largest absolute Gasteiger partial charge is 0.493 e. The fraction of sp³-hybridized carbons (Fsp3) is 0.636. The molecule has 8 atom stereocenters. The van der Waals surface area contributed by atoms with E-state index < -0.39 is 35.5 Å². The minimum Gasteiger partial charge on any atom is -0.464 e. The van der Waals surface area contributed by atoms with Crippen molar-refractivity contribution in [1.82, 2.24) is 34.8 Å². The molecule has 3 aromatic heterocycles. The Morgan fingerprint density at radius 1 is 1.07 bits per heavy atom. The monoisotopic (exact) mass is 1020 g/mol. The third-order valence-electron chi connectivity index (χ3n) is 16.0. The van der Waals surface area contributed by atoms with Crippen LogP contribution in [-0.4, -0.2) is 168 Å². The predicted molar refractivity (Wildman–Crippen MR) is 278 cm³/mol. The number of esters is 1. The van der Waals surface area contributed by atoms with E-state index in [4.69, 9.17) is 38.4 Å². The van der Waals surface area contributed by atoms with Crippen LogP contribution in [0.15, 0.2) is 35.8 Å². The lowest BCUT2D eigenvalue weighted by atomic mass is 9.82. The first-order chi connectivity index (χ1) is 35.2. The van der Waals surface area contributed by atoms with Crippen LogP contribution in [0.1, 0.15) is 114 Å². The molecule has 1 unspecified atom stereocenters. The van der Waals surface area contributed by atoms with E-state index in [9.17, 15) is 9.59 Å². The number of carbonyl (C=O) groups excluding carboxylic acids is 3. The molecule has 394 valence electrons. The summed E-state index contributed by atoms with van der Waals surface area (Å²) in [5, 5.41) is 5.04. The highest BCUT2D eigenvalue weighted by atomic mass is 32.1. The lowest BCUT2D eigenvalue weighted by Crippen LogP contribution is -2.66. The van der Waals surface area contributed by atoms with E-state index in [-0.39, 0.29) is 43.4 Å². The molecule has 3 amide bonds. The predicted octanol–water partition coefficient (Wildman–Crippen LogP) is 7.16. The summed E-state index contributed by atoms with van der Waals surface area (Å²) in [6, 6.07) is 6.89. The number of pyridine rings is 1. The summed E-state index contributed by atoms with van der Waals surface area (Å²) in [4.78, 5) is 58.8. The van der Waals surface area contributed by atoms with Gasteiger partial charge in [0.2, 0.25) is 6.04 Å². The highest BCUT2D eigenvalue weighted by molar-refractivity contribution is 7.10. The number of ether oxygens (including phenoxy) is 6. The number of nitrogens with one attached hydrogen (secondary N) is 1. The maximum absolute atomic E-state index is 15.1. The van der Waals surface area contributed by atoms with Crippen molar-refractivity contribution in [2.75, 3.05) is 79.5 Å². The Bertz CT molecular complexity index is 2690. The van der Waals surface area contributed by atoms with Crippen molar-refractivity contribution in [1.29, 1.82) is 0 Å². The van der Waals surface area contributed by atoms with Gasteiger partial charge in [0.15, 0.2) is 6.10 Å². The number of fused-ring (bicyclic) bond motifs is 8. The van der Waals surface area contributed by atoms with Gasteiger partial charge in [-0.15, -0.1) is 11.3 Å². The van der Waals surface area contributed by atoms with Gasteiger partial charge in [0.25, 0.3) is 5.91 Å². The Kier molecular flexibility index (Phi) is 15.5. The van der Waals surface area contributed by atoms with Crippen LogP contribution in [0.3, 0.4) is 0 Å². The second kappa shape index (κ2) is 21.9. The van der Waals surface area contributed by atoms with Crippen LogP contribution < -0.4 is 5.43 Å². The smallest absolute Gasteiger partial charge is 0.464 e. The summed E-state index contributed by atoms with van der Waals surface area (Å²) in [6.07, 6.45) is 5.14. The molecule has 5 saturated heterocycles. The average molecular weight is 1020 g/mol. The number of hydrazine groups is 1. The van der Waals surface area contributed by atoms with Crippen molar-refractivity contribution < 1.29 is 47.4 Å². The standard InChI is InChI=1S/C55H75N8O9S/c1-9-70-50-49(59(7)54(66)62-28-38-29-68-20-15-45(38)62)52(64)63-16-10-11-43(58-63)53(65)72-32-55(5,6)26-42-40-24-36(44-31-73-51(50)57-44)12-13-46(40)61(19-22-71-33(2)3)48(42)41-25-37(27-56-47(41)34(4)67-8)35-14-17-60-18-21-69-30-39(60)23-35/h12-13,24-25,27,31,33-35,38-39,43,45,49-50,58H,7,9-11,14-23,26,28-30,32H2,1-6,8H3/q+1/t34-,35+,38+,39?,43-,45-,49-,50-/m0/s1. The molecule has 5 fully saturated rings. The van der Waals surface area contributed by atoms with Gasteiger partial charge in [-0.1, -0.05) is 19.9 Å². The number of cyclic esters (lactones) is 1. The van der Waals surface area contributed by atoms with Gasteiger partial charge in [0, 0.05) is 84.8 Å². The third kappa shape index (κ3) is 10.5. The van der Waals surface area contributed by atoms with Crippen LogP contribution >= 0.6 is 11.3 Å². The summed E-state index contributed by atoms with van der Waals surface area (Å²) in [5.41, 5.74) is 10.5. The van der Waals surface area contributed by atoms with E-state index in [1.54, 1.807) is 12.0 Å². The number of amides is 3. The van der Waals surface area contributed by atoms with E-state index in [0.29, 0.717) is 75.7 Å². The Labute approximate surface area is 433 Å². The first-order valence-electron chi connectivity index (χ1n) is 26.6. The van der Waals surface area contributed by atoms with Crippen LogP contribution in [0.25, 0.3) is 33.4 Å². The summed E-state index contributed by atoms with van der Waals surface area (Å²) in [7, 11) is 1.73. The first-order valence-corrected chi connectivity index (χ1v) is 27.5. The Balaban J connectivity index is 1.12. The number of likely N-dealkylation sites (tertiary alicyclic amines) is 1. The molecular formula is C55H75N8O9S+. The molecule has 17 nitrogen and oxygen atoms in total. The number of hydrogen-bond donors (Lipinski definition) is 1. The van der Waals surface area contributed by atoms with Crippen LogP contribution in [0.2, 0.25) is 0 Å². The zero-order valence-corrected chi connectivity index (χ0v) is 44.6. The normalized spacial score (nSPS) is 27.2. The maximum Gasteiger partial charge on any atom is 0.493 e. The fourth-order valence-corrected chi connectivity index (χ4v) is 12.9. The molecule has 10 rings (SSSR count). The quantitative estimate of drug-likeness (QED) is 0.0917. The summed E-state index contributed by atoms with van der Waals surface area (Å²) >= 11 is 1.39. The molecule has 1 aromatic carbocycles. The van der Waals surface area contributed by atoms with Gasteiger partial charge in [0.1, 0.15) is 17.1 Å². The highest BCUT2D eigenvalue weighted by Crippen LogP contribution is 2.45. The van der Waals surface area contributed by atoms with Crippen LogP contribution in [0.5, 0.6) is 0 Å². The number of hydrogen-bond acceptors (Lipinski definition) is 14. The molecule has 0 spiro atoms. The van der Waals surface area contributed by atoms with Gasteiger partial charge < -0.3 is 33.0 Å². The van der Waals surface area contributed by atoms with Crippen LogP contribution in [-0.2, 0) is 51.0 Å². The van der Waals surface area contributed by atoms with E-state index in [1.165, 1.54) is 26.5 Å². The number of nitrogens with zero attached hydrogens (tertiary/aromatic N) is 7. The Morgan fingerprint density at radius 3 is 2.70 bits per heavy atom. The zero-order valence-electron chi connectivity index (χ0n) is 43.8. The number of aromatic nitrogens is 3. The number of carbonyl (C=O) groups is 3. The van der Waals surface area contributed by atoms with E-state index in [2.05, 4.69) is 86.7 Å². The van der Waals surface area contributed by atoms with Crippen molar-refractivity contribution in [3.05, 3.63) is 57.7 Å². The van der Waals surface area contributed by atoms with Crippen molar-refractivity contribution in [2.24, 2.45) is 11.3 Å². The summed E-state index contributed by atoms with van der Waals surface area (Å²) in [6.45, 7) is 23.6.